The topological polar surface area (TPSA) is 161 Å². The van der Waals surface area contributed by atoms with Gasteiger partial charge >= 0.3 is 0 Å². The summed E-state index contributed by atoms with van der Waals surface area (Å²) in [5.41, 5.74) is 5.71. The van der Waals surface area contributed by atoms with E-state index in [0.29, 0.717) is 5.69 Å². The number of nitrogens with zero attached hydrogens (tertiary/aromatic N) is 3. The molecular formula is C14H17N7O4. The number of rotatable bonds is 6. The maximum Gasteiger partial charge on any atom is 0.287 e. The zero-order chi connectivity index (χ0) is 18.7. The van der Waals surface area contributed by atoms with Crippen LogP contribution in [0.3, 0.4) is 0 Å². The first kappa shape index (κ1) is 17.7. The Morgan fingerprint density at radius 2 is 1.80 bits per heavy atom. The lowest BCUT2D eigenvalue weighted by Crippen LogP contribution is -2.33. The molecule has 11 heteroatoms. The summed E-state index contributed by atoms with van der Waals surface area (Å²) >= 11 is 0. The minimum atomic E-state index is -0.587. The van der Waals surface area contributed by atoms with Crippen LogP contribution in [-0.2, 0) is 14.1 Å². The van der Waals surface area contributed by atoms with Crippen LogP contribution in [0.1, 0.15) is 21.0 Å². The van der Waals surface area contributed by atoms with Crippen molar-refractivity contribution in [3.63, 3.8) is 0 Å². The van der Waals surface area contributed by atoms with Gasteiger partial charge in [0.15, 0.2) is 0 Å². The summed E-state index contributed by atoms with van der Waals surface area (Å²) in [4.78, 5) is 34.4. The number of nitrogens with two attached hydrogens (primary N) is 1. The molecule has 0 atom stereocenters. The molecule has 0 radical (unpaired) electrons. The molecule has 0 spiro atoms. The van der Waals surface area contributed by atoms with Crippen LogP contribution in [0.25, 0.3) is 0 Å². The van der Waals surface area contributed by atoms with Crippen LogP contribution in [-0.4, -0.2) is 38.3 Å². The van der Waals surface area contributed by atoms with Gasteiger partial charge in [-0.05, 0) is 6.07 Å². The van der Waals surface area contributed by atoms with Crippen molar-refractivity contribution in [3.05, 3.63) is 46.0 Å². The summed E-state index contributed by atoms with van der Waals surface area (Å²) in [7, 11) is 3.14. The summed E-state index contributed by atoms with van der Waals surface area (Å²) in [5.74, 6) is -1.18. The van der Waals surface area contributed by atoms with Crippen LogP contribution < -0.4 is 16.4 Å². The van der Waals surface area contributed by atoms with Gasteiger partial charge in [0.05, 0.1) is 23.4 Å². The molecule has 0 aromatic carbocycles. The third-order valence-corrected chi connectivity index (χ3v) is 3.37. The van der Waals surface area contributed by atoms with Crippen LogP contribution in [0.2, 0.25) is 0 Å². The molecule has 25 heavy (non-hydrogen) atoms. The van der Waals surface area contributed by atoms with Crippen LogP contribution in [0.5, 0.6) is 0 Å². The predicted molar refractivity (Wildman–Crippen MR) is 89.7 cm³/mol. The van der Waals surface area contributed by atoms with Gasteiger partial charge in [-0.25, -0.2) is 0 Å². The van der Waals surface area contributed by atoms with Gasteiger partial charge in [0.1, 0.15) is 17.2 Å². The van der Waals surface area contributed by atoms with E-state index in [1.807, 2.05) is 0 Å². The molecule has 5 N–H and O–H groups in total. The molecule has 0 bridgehead atoms. The summed E-state index contributed by atoms with van der Waals surface area (Å²) in [6.45, 7) is -0.0846. The van der Waals surface area contributed by atoms with Crippen molar-refractivity contribution in [2.75, 3.05) is 11.9 Å². The number of amidine groups is 1. The van der Waals surface area contributed by atoms with Gasteiger partial charge < -0.3 is 25.5 Å². The van der Waals surface area contributed by atoms with Gasteiger partial charge in [-0.2, -0.15) is 0 Å². The van der Waals surface area contributed by atoms with Crippen LogP contribution in [0, 0.1) is 15.5 Å². The number of carbonyl (C=O) groups is 2. The van der Waals surface area contributed by atoms with Crippen molar-refractivity contribution in [3.8, 4) is 0 Å². The Hall–Kier alpha value is -3.63. The Morgan fingerprint density at radius 1 is 1.20 bits per heavy atom. The first-order valence-corrected chi connectivity index (χ1v) is 7.08. The zero-order valence-corrected chi connectivity index (χ0v) is 13.6. The van der Waals surface area contributed by atoms with E-state index in [1.54, 1.807) is 7.05 Å². The van der Waals surface area contributed by atoms with Gasteiger partial charge in [0.25, 0.3) is 17.5 Å². The number of aromatic nitrogens is 2. The molecule has 2 amide bonds. The lowest BCUT2D eigenvalue weighted by Gasteiger charge is -2.04. The number of nitrogens with one attached hydrogen (secondary N) is 3. The van der Waals surface area contributed by atoms with Gasteiger partial charge in [0.2, 0.25) is 0 Å². The summed E-state index contributed by atoms with van der Waals surface area (Å²) in [6.07, 6.45) is 2.76. The quantitative estimate of drug-likeness (QED) is 0.253. The van der Waals surface area contributed by atoms with Crippen molar-refractivity contribution < 1.29 is 14.5 Å². The monoisotopic (exact) mass is 347 g/mol. The van der Waals surface area contributed by atoms with Crippen LogP contribution >= 0.6 is 0 Å². The molecule has 0 aliphatic carbocycles. The van der Waals surface area contributed by atoms with Gasteiger partial charge in [0, 0.05) is 26.4 Å². The average Bonchev–Trinajstić information content (AvgIpc) is 3.08. The Balaban J connectivity index is 2.14. The number of hydrogen-bond donors (Lipinski definition) is 4. The van der Waals surface area contributed by atoms with Gasteiger partial charge in [-0.1, -0.05) is 0 Å². The predicted octanol–water partition coefficient (Wildman–Crippen LogP) is 0.190. The van der Waals surface area contributed by atoms with Crippen molar-refractivity contribution in [2.24, 2.45) is 19.8 Å². The van der Waals surface area contributed by atoms with Crippen molar-refractivity contribution in [1.29, 1.82) is 5.41 Å². The number of aryl methyl sites for hydroxylation is 2. The first-order valence-electron chi connectivity index (χ1n) is 7.08. The minimum Gasteiger partial charge on any atom is -0.386 e. The molecule has 132 valence electrons. The maximum atomic E-state index is 12.3. The van der Waals surface area contributed by atoms with E-state index in [2.05, 4.69) is 10.6 Å². The molecule has 0 aliphatic heterocycles. The van der Waals surface area contributed by atoms with E-state index in [9.17, 15) is 19.7 Å². The number of anilines is 1. The third kappa shape index (κ3) is 4.02. The maximum absolute atomic E-state index is 12.3. The van der Waals surface area contributed by atoms with Crippen molar-refractivity contribution in [1.82, 2.24) is 14.5 Å². The highest BCUT2D eigenvalue weighted by molar-refractivity contribution is 6.04. The molecule has 0 aliphatic rings. The number of hydrogen-bond acceptors (Lipinski definition) is 5. The largest absolute Gasteiger partial charge is 0.386 e. The Labute approximate surface area is 142 Å². The molecule has 0 fully saturated rings. The molecule has 2 aromatic heterocycles. The number of nitro groups is 1. The molecule has 0 saturated heterocycles. The third-order valence-electron chi connectivity index (χ3n) is 3.37. The molecule has 2 aromatic rings. The van der Waals surface area contributed by atoms with E-state index < -0.39 is 16.7 Å². The second-order valence-corrected chi connectivity index (χ2v) is 5.34. The van der Waals surface area contributed by atoms with E-state index in [-0.39, 0.29) is 29.5 Å². The Bertz CT molecular complexity index is 865. The highest BCUT2D eigenvalue weighted by Crippen LogP contribution is 2.18. The van der Waals surface area contributed by atoms with Gasteiger partial charge in [-0.3, -0.25) is 25.1 Å². The normalized spacial score (nSPS) is 10.3. The average molecular weight is 347 g/mol. The lowest BCUT2D eigenvalue weighted by molar-refractivity contribution is -0.384. The standard InChI is InChI=1S/C14H17N7O4/c1-19-6-8(3-10(19)13(22)17-5-12(15)16)18-14(23)11-4-9(21(24)25)7-20(11)2/h3-4,6-7H,5H2,1-2H3,(H3,15,16)(H,17,22)(H,18,23). The van der Waals surface area contributed by atoms with Crippen LogP contribution in [0.4, 0.5) is 11.4 Å². The lowest BCUT2D eigenvalue weighted by atomic mass is 10.3. The molecule has 2 rings (SSSR count). The summed E-state index contributed by atoms with van der Waals surface area (Å²) in [5, 5.41) is 22.9. The molecule has 0 unspecified atom stereocenters. The summed E-state index contributed by atoms with van der Waals surface area (Å²) < 4.78 is 2.84. The van der Waals surface area contributed by atoms with Crippen LogP contribution in [0.15, 0.2) is 24.5 Å². The molecule has 0 saturated carbocycles. The Morgan fingerprint density at radius 3 is 2.36 bits per heavy atom. The molecule has 2 heterocycles. The van der Waals surface area contributed by atoms with Crippen molar-refractivity contribution in [2.45, 2.75) is 0 Å². The second-order valence-electron chi connectivity index (χ2n) is 5.34. The number of amides is 2. The SMILES string of the molecule is Cn1cc(NC(=O)c2cc([N+](=O)[O-])cn2C)cc1C(=O)NCC(=N)N. The smallest absolute Gasteiger partial charge is 0.287 e. The van der Waals surface area contributed by atoms with E-state index in [1.165, 1.54) is 40.7 Å². The Kier molecular flexibility index (Phi) is 4.86. The first-order chi connectivity index (χ1) is 11.7. The number of carbonyl (C=O) groups excluding carboxylic acids is 2. The van der Waals surface area contributed by atoms with Crippen molar-refractivity contribution >= 4 is 29.0 Å². The minimum absolute atomic E-state index is 0.0846. The van der Waals surface area contributed by atoms with E-state index >= 15 is 0 Å². The van der Waals surface area contributed by atoms with Gasteiger partial charge in [-0.15, -0.1) is 0 Å². The molecular weight excluding hydrogens is 330 g/mol. The van der Waals surface area contributed by atoms with E-state index in [4.69, 9.17) is 11.1 Å². The fourth-order valence-electron chi connectivity index (χ4n) is 2.19. The highest BCUT2D eigenvalue weighted by Gasteiger charge is 2.19. The fourth-order valence-corrected chi connectivity index (χ4v) is 2.19. The summed E-state index contributed by atoms with van der Waals surface area (Å²) in [6, 6.07) is 2.61. The second kappa shape index (κ2) is 6.86. The molecule has 11 nitrogen and oxygen atoms in total. The zero-order valence-electron chi connectivity index (χ0n) is 13.6. The van der Waals surface area contributed by atoms with E-state index in [0.717, 1.165) is 0 Å². The highest BCUT2D eigenvalue weighted by atomic mass is 16.6. The fraction of sp³-hybridized carbons (Fsp3) is 0.214.